The highest BCUT2D eigenvalue weighted by atomic mass is 31.1. The monoisotopic (exact) mass is 338 g/mol. The van der Waals surface area contributed by atoms with Crippen LogP contribution in [0.25, 0.3) is 0 Å². The van der Waals surface area contributed by atoms with Crippen LogP contribution in [0.4, 0.5) is 4.79 Å². The van der Waals surface area contributed by atoms with Gasteiger partial charge in [-0.15, -0.1) is 4.52 Å². The fourth-order valence-corrected chi connectivity index (χ4v) is 3.90. The van der Waals surface area contributed by atoms with Gasteiger partial charge in [0.1, 0.15) is 6.61 Å². The minimum atomic E-state index is -1.93. The second-order valence-corrected chi connectivity index (χ2v) is 7.49. The zero-order valence-electron chi connectivity index (χ0n) is 13.6. The van der Waals surface area contributed by atoms with E-state index in [0.29, 0.717) is 12.3 Å². The van der Waals surface area contributed by atoms with Crippen molar-refractivity contribution in [3.05, 3.63) is 35.9 Å². The molecule has 0 aromatic heterocycles. The van der Waals surface area contributed by atoms with E-state index in [1.54, 1.807) is 0 Å². The van der Waals surface area contributed by atoms with Crippen molar-refractivity contribution in [1.82, 2.24) is 5.32 Å². The summed E-state index contributed by atoms with van der Waals surface area (Å²) in [6.45, 7) is 0.201. The molecule has 126 valence electrons. The number of hydrogen-bond donors (Lipinski definition) is 1. The number of carbonyl (C=O) groups excluding carboxylic acids is 1. The highest BCUT2D eigenvalue weighted by Gasteiger charge is 2.36. The summed E-state index contributed by atoms with van der Waals surface area (Å²) in [5.74, 6) is 0.0126. The lowest BCUT2D eigenvalue weighted by Crippen LogP contribution is -2.35. The third kappa shape index (κ3) is 6.28. The SMILES string of the molecule is CO[P+](=O)C(CC1CCCCC1)NC(=O)OCc1ccccc1. The van der Waals surface area contributed by atoms with E-state index in [1.165, 1.54) is 26.4 Å². The van der Waals surface area contributed by atoms with Crippen LogP contribution in [0.15, 0.2) is 30.3 Å². The van der Waals surface area contributed by atoms with Crippen molar-refractivity contribution < 1.29 is 18.6 Å². The molecule has 6 heteroatoms. The molecule has 1 amide bonds. The van der Waals surface area contributed by atoms with Crippen molar-refractivity contribution in [2.75, 3.05) is 7.11 Å². The number of carbonyl (C=O) groups is 1. The topological polar surface area (TPSA) is 64.6 Å². The Morgan fingerprint density at radius 1 is 1.26 bits per heavy atom. The Bertz CT molecular complexity index is 503. The first-order valence-corrected chi connectivity index (χ1v) is 9.41. The van der Waals surface area contributed by atoms with Crippen molar-refractivity contribution in [2.45, 2.75) is 50.9 Å². The van der Waals surface area contributed by atoms with Crippen molar-refractivity contribution >= 4 is 14.1 Å². The summed E-state index contributed by atoms with van der Waals surface area (Å²) < 4.78 is 22.2. The predicted molar refractivity (Wildman–Crippen MR) is 89.4 cm³/mol. The maximum Gasteiger partial charge on any atom is 0.533 e. The van der Waals surface area contributed by atoms with Gasteiger partial charge in [-0.25, -0.2) is 4.79 Å². The number of alkyl carbamates (subject to hydrolysis) is 1. The summed E-state index contributed by atoms with van der Waals surface area (Å²) in [6, 6.07) is 9.48. The zero-order chi connectivity index (χ0) is 16.5. The van der Waals surface area contributed by atoms with Gasteiger partial charge in [-0.1, -0.05) is 62.4 Å². The van der Waals surface area contributed by atoms with E-state index in [0.717, 1.165) is 18.4 Å². The van der Waals surface area contributed by atoms with Crippen LogP contribution >= 0.6 is 8.03 Å². The lowest BCUT2D eigenvalue weighted by atomic mass is 9.87. The van der Waals surface area contributed by atoms with Crippen LogP contribution in [0.3, 0.4) is 0 Å². The summed E-state index contributed by atoms with van der Waals surface area (Å²) in [4.78, 5) is 12.0. The Hall–Kier alpha value is -1.45. The van der Waals surface area contributed by atoms with Crippen LogP contribution in [0.5, 0.6) is 0 Å². The number of amides is 1. The molecule has 0 heterocycles. The van der Waals surface area contributed by atoms with Crippen molar-refractivity contribution in [3.63, 3.8) is 0 Å². The van der Waals surface area contributed by atoms with Crippen LogP contribution in [0, 0.1) is 5.92 Å². The molecule has 23 heavy (non-hydrogen) atoms. The van der Waals surface area contributed by atoms with Gasteiger partial charge in [-0.3, -0.25) is 5.32 Å². The fourth-order valence-electron chi connectivity index (χ4n) is 2.96. The van der Waals surface area contributed by atoms with Gasteiger partial charge in [-0.05, 0) is 16.0 Å². The molecule has 1 aromatic carbocycles. The van der Waals surface area contributed by atoms with E-state index in [9.17, 15) is 9.36 Å². The first-order chi connectivity index (χ1) is 11.2. The summed E-state index contributed by atoms with van der Waals surface area (Å²) in [5, 5.41) is 2.72. The maximum absolute atomic E-state index is 12.1. The van der Waals surface area contributed by atoms with Gasteiger partial charge in [0.05, 0.1) is 7.11 Å². The third-order valence-electron chi connectivity index (χ3n) is 4.21. The highest BCUT2D eigenvalue weighted by molar-refractivity contribution is 7.40. The Morgan fingerprint density at radius 2 is 1.96 bits per heavy atom. The molecule has 1 aromatic rings. The van der Waals surface area contributed by atoms with E-state index in [1.807, 2.05) is 30.3 Å². The smallest absolute Gasteiger partial charge is 0.445 e. The number of nitrogens with one attached hydrogen (secondary N) is 1. The zero-order valence-corrected chi connectivity index (χ0v) is 14.5. The summed E-state index contributed by atoms with van der Waals surface area (Å²) in [7, 11) is -0.520. The first kappa shape index (κ1) is 17.9. The molecule has 1 saturated carbocycles. The molecule has 0 spiro atoms. The Kier molecular flexibility index (Phi) is 7.50. The molecule has 0 aliphatic heterocycles. The average molecular weight is 338 g/mol. The number of hydrogen-bond acceptors (Lipinski definition) is 4. The van der Waals surface area contributed by atoms with E-state index in [-0.39, 0.29) is 6.61 Å². The molecule has 2 rings (SSSR count). The summed E-state index contributed by atoms with van der Waals surface area (Å²) in [5.41, 5.74) is 0.919. The number of ether oxygens (including phenoxy) is 1. The molecule has 2 unspecified atom stereocenters. The Labute approximate surface area is 138 Å². The molecule has 0 bridgehead atoms. The number of rotatable bonds is 7. The van der Waals surface area contributed by atoms with Gasteiger partial charge in [0, 0.05) is 6.42 Å². The van der Waals surface area contributed by atoms with Gasteiger partial charge >= 0.3 is 14.1 Å². The summed E-state index contributed by atoms with van der Waals surface area (Å²) in [6.07, 6.45) is 6.08. The van der Waals surface area contributed by atoms with Crippen LogP contribution in [0.1, 0.15) is 44.1 Å². The largest absolute Gasteiger partial charge is 0.533 e. The molecule has 1 fully saturated rings. The lowest BCUT2D eigenvalue weighted by molar-refractivity contribution is 0.136. The van der Waals surface area contributed by atoms with Gasteiger partial charge in [0.2, 0.25) is 0 Å². The van der Waals surface area contributed by atoms with E-state index < -0.39 is 19.9 Å². The van der Waals surface area contributed by atoms with E-state index in [2.05, 4.69) is 5.32 Å². The average Bonchev–Trinajstić information content (AvgIpc) is 2.60. The number of benzene rings is 1. The van der Waals surface area contributed by atoms with E-state index in [4.69, 9.17) is 9.26 Å². The minimum Gasteiger partial charge on any atom is -0.445 e. The second-order valence-electron chi connectivity index (χ2n) is 5.93. The fraction of sp³-hybridized carbons (Fsp3) is 0.588. The molecule has 0 radical (unpaired) electrons. The van der Waals surface area contributed by atoms with Gasteiger partial charge in [0.25, 0.3) is 5.78 Å². The molecule has 2 atom stereocenters. The molecule has 0 saturated heterocycles. The molecular weight excluding hydrogens is 313 g/mol. The van der Waals surface area contributed by atoms with Crippen LogP contribution in [-0.2, 0) is 20.4 Å². The molecule has 1 N–H and O–H groups in total. The predicted octanol–water partition coefficient (Wildman–Crippen LogP) is 4.60. The normalized spacial score (nSPS) is 17.3. The van der Waals surface area contributed by atoms with Gasteiger partial charge < -0.3 is 4.74 Å². The van der Waals surface area contributed by atoms with Gasteiger partial charge in [-0.2, -0.15) is 0 Å². The van der Waals surface area contributed by atoms with Gasteiger partial charge in [0.15, 0.2) is 0 Å². The molecule has 5 nitrogen and oxygen atoms in total. The van der Waals surface area contributed by atoms with E-state index >= 15 is 0 Å². The van der Waals surface area contributed by atoms with Crippen molar-refractivity contribution in [1.29, 1.82) is 0 Å². The standard InChI is InChI=1S/C17H24NO4P/c1-21-23(20)16(12-14-8-4-2-5-9-14)18-17(19)22-13-15-10-6-3-7-11-15/h3,6-7,10-11,14,16H,2,4-5,8-9,12-13H2,1H3/p+1. The van der Waals surface area contributed by atoms with Crippen LogP contribution in [-0.4, -0.2) is 19.0 Å². The van der Waals surface area contributed by atoms with Crippen LogP contribution in [0.2, 0.25) is 0 Å². The third-order valence-corrected chi connectivity index (χ3v) is 5.42. The second kappa shape index (κ2) is 9.64. The molecular formula is C17H25NO4P+. The Morgan fingerprint density at radius 3 is 2.61 bits per heavy atom. The maximum atomic E-state index is 12.1. The molecule has 1 aliphatic rings. The molecule has 1 aliphatic carbocycles. The first-order valence-electron chi connectivity index (χ1n) is 8.16. The Balaban J connectivity index is 1.83. The summed E-state index contributed by atoms with van der Waals surface area (Å²) >= 11 is 0. The highest BCUT2D eigenvalue weighted by Crippen LogP contribution is 2.35. The van der Waals surface area contributed by atoms with Crippen molar-refractivity contribution in [2.24, 2.45) is 5.92 Å². The quantitative estimate of drug-likeness (QED) is 0.738. The lowest BCUT2D eigenvalue weighted by Gasteiger charge is -2.22. The van der Waals surface area contributed by atoms with Crippen molar-refractivity contribution in [3.8, 4) is 0 Å². The minimum absolute atomic E-state index is 0.201. The van der Waals surface area contributed by atoms with Crippen LogP contribution < -0.4 is 5.32 Å².